The van der Waals surface area contributed by atoms with Crippen LogP contribution in [0.5, 0.6) is 0 Å². The van der Waals surface area contributed by atoms with E-state index in [1.165, 1.54) is 231 Å². The first kappa shape index (κ1) is 104. The largest absolute Gasteiger partial charge is 0.411 e. The standard InChI is InChI=1S/6C11H23NS2.Mo.OS/c6*1-3-5-7-9-12(11(13)14)10-8-6-4-2;;1-2/h6*3-10H2,1-2H3,(H,13,14);;/p-6. The summed E-state index contributed by atoms with van der Waals surface area (Å²) >= 11 is 63.5. The molecule has 0 aliphatic heterocycles. The molecule has 0 heterocycles. The molecular formula is C66H132MoN6OS13-6. The molecule has 0 N–H and O–H groups in total. The third kappa shape index (κ3) is 87.4. The summed E-state index contributed by atoms with van der Waals surface area (Å²) in [5.74, 6) is 0. The van der Waals surface area contributed by atoms with Crippen LogP contribution in [-0.4, -0.2) is 138 Å². The number of hydrogen-bond donors (Lipinski definition) is 0. The average molecular weight is 1540 g/mol. The smallest absolute Gasteiger partial charge is 0.197 e. The van der Waals surface area contributed by atoms with Gasteiger partial charge >= 0.3 is 0 Å². The zero-order chi connectivity index (χ0) is 66.9. The van der Waals surface area contributed by atoms with Gasteiger partial charge in [-0.15, -0.1) is 0 Å². The molecule has 87 heavy (non-hydrogen) atoms. The molecule has 0 saturated carbocycles. The maximum Gasteiger partial charge on any atom is 0.197 e. The molecule has 0 aromatic rings. The van der Waals surface area contributed by atoms with Gasteiger partial charge in [-0.25, -0.2) is 0 Å². The first-order chi connectivity index (χ1) is 41.3. The Bertz CT molecular complexity index is 1130. The van der Waals surface area contributed by atoms with Gasteiger partial charge in [0.2, 0.25) is 0 Å². The predicted molar refractivity (Wildman–Crippen MR) is 432 cm³/mol. The molecule has 522 valence electrons. The molecular weight excluding hydrogens is 1410 g/mol. The van der Waals surface area contributed by atoms with Crippen molar-refractivity contribution in [1.29, 1.82) is 0 Å². The molecule has 0 bridgehead atoms. The van der Waals surface area contributed by atoms with Gasteiger partial charge in [-0.2, -0.15) is 4.21 Å². The maximum absolute atomic E-state index is 7.83. The predicted octanol–water partition coefficient (Wildman–Crippen LogP) is 20.7. The van der Waals surface area contributed by atoms with Crippen LogP contribution in [0.3, 0.4) is 0 Å². The van der Waals surface area contributed by atoms with Crippen molar-refractivity contribution in [3.05, 3.63) is 0 Å². The van der Waals surface area contributed by atoms with E-state index < -0.39 is 0 Å². The van der Waals surface area contributed by atoms with Gasteiger partial charge in [-0.05, 0) is 77.0 Å². The van der Waals surface area contributed by atoms with E-state index in [0.717, 1.165) is 78.5 Å². The van der Waals surface area contributed by atoms with Gasteiger partial charge in [0.25, 0.3) is 0 Å². The fraction of sp³-hybridized carbons (Fsp3) is 0.909. The van der Waals surface area contributed by atoms with Crippen molar-refractivity contribution in [3.63, 3.8) is 0 Å². The topological polar surface area (TPSA) is 36.5 Å². The summed E-state index contributed by atoms with van der Waals surface area (Å²) in [5, 5.41) is 0. The Balaban J connectivity index is -0.000000142. The van der Waals surface area contributed by atoms with Crippen LogP contribution in [0.15, 0.2) is 0 Å². The Labute approximate surface area is 628 Å². The molecule has 0 aromatic carbocycles. The first-order valence-electron chi connectivity index (χ1n) is 34.2. The zero-order valence-corrected chi connectivity index (χ0v) is 70.4. The van der Waals surface area contributed by atoms with E-state index in [4.69, 9.17) is 153 Å². The third-order valence-corrected chi connectivity index (χ3v) is 17.0. The second-order valence-electron chi connectivity index (χ2n) is 22.0. The molecule has 0 rings (SSSR count). The third-order valence-electron chi connectivity index (χ3n) is 13.9. The minimum absolute atomic E-state index is 0. The van der Waals surface area contributed by atoms with E-state index in [2.05, 4.69) is 125 Å². The normalized spacial score (nSPS) is 9.84. The number of thiocarbonyl (C=S) groups is 6. The van der Waals surface area contributed by atoms with Crippen molar-refractivity contribution >= 4 is 188 Å². The SMILES string of the molecule is CCCCCN(CCCCC)C(=S)[S-].CCCCCN(CCCCC)C(=S)[S-].CCCCCN(CCCCC)C(=S)[S-].CCCCCN(CCCCC)C(=S)[S-].CCCCCN(CCCCC)C(=S)[S-].CCCCCN(CCCCC)C(=S)[S-].O=S.[Mo]. The molecule has 0 saturated heterocycles. The maximum atomic E-state index is 7.83. The van der Waals surface area contributed by atoms with E-state index in [1.54, 1.807) is 0 Å². The second kappa shape index (κ2) is 89.4. The van der Waals surface area contributed by atoms with Crippen molar-refractivity contribution in [2.45, 2.75) is 314 Å². The summed E-state index contributed by atoms with van der Waals surface area (Å²) in [6.07, 6.45) is 45.1. The van der Waals surface area contributed by atoms with Crippen molar-refractivity contribution < 1.29 is 25.3 Å². The summed E-state index contributed by atoms with van der Waals surface area (Å²) < 4.78 is 11.7. The molecule has 0 atom stereocenters. The summed E-state index contributed by atoms with van der Waals surface area (Å²) in [4.78, 5) is 13.1. The Morgan fingerprint density at radius 2 is 0.264 bits per heavy atom. The van der Waals surface area contributed by atoms with E-state index >= 15 is 0 Å². The van der Waals surface area contributed by atoms with Crippen LogP contribution in [0.25, 0.3) is 0 Å². The van der Waals surface area contributed by atoms with Crippen LogP contribution in [-0.2, 0) is 109 Å². The van der Waals surface area contributed by atoms with E-state index in [-0.39, 0.29) is 21.1 Å². The molecule has 0 fully saturated rings. The van der Waals surface area contributed by atoms with Crippen molar-refractivity contribution in [1.82, 2.24) is 29.4 Å². The van der Waals surface area contributed by atoms with E-state index in [9.17, 15) is 0 Å². The number of hydrogen-bond acceptors (Lipinski definition) is 14. The van der Waals surface area contributed by atoms with Crippen LogP contribution in [0, 0.1) is 0 Å². The van der Waals surface area contributed by atoms with Crippen molar-refractivity contribution in [2.75, 3.05) is 78.5 Å². The van der Waals surface area contributed by atoms with Crippen molar-refractivity contribution in [3.8, 4) is 0 Å². The van der Waals surface area contributed by atoms with Gasteiger partial charge in [-0.1, -0.05) is 263 Å². The molecule has 0 amide bonds. The van der Waals surface area contributed by atoms with Crippen LogP contribution in [0.4, 0.5) is 0 Å². The van der Waals surface area contributed by atoms with E-state index in [1.807, 2.05) is 0 Å². The minimum Gasteiger partial charge on any atom is -0.411 e. The van der Waals surface area contributed by atoms with Crippen molar-refractivity contribution in [2.24, 2.45) is 0 Å². The van der Waals surface area contributed by atoms with Gasteiger partial charge in [0.15, 0.2) is 12.5 Å². The molecule has 21 heteroatoms. The number of unbranched alkanes of at least 4 members (excludes halogenated alkanes) is 24. The van der Waals surface area contributed by atoms with E-state index in [0.29, 0.717) is 25.9 Å². The number of rotatable bonds is 48. The number of nitrogens with zero attached hydrogens (tertiary/aromatic N) is 6. The van der Waals surface area contributed by atoms with Gasteiger partial charge in [0.1, 0.15) is 0 Å². The first-order valence-corrected chi connectivity index (χ1v) is 39.5. The molecule has 0 radical (unpaired) electrons. The van der Waals surface area contributed by atoms with Crippen LogP contribution >= 0.6 is 73.3 Å². The van der Waals surface area contributed by atoms with Gasteiger partial charge in [0.05, 0.1) is 0 Å². The Morgan fingerprint density at radius 3 is 0.310 bits per heavy atom. The molecule has 0 aliphatic carbocycles. The van der Waals surface area contributed by atoms with Crippen LogP contribution in [0.1, 0.15) is 314 Å². The quantitative estimate of drug-likeness (QED) is 0.0251. The second-order valence-corrected chi connectivity index (χ2v) is 28.2. The molecule has 0 spiro atoms. The average Bonchev–Trinajstić information content (AvgIpc) is 3.50. The Morgan fingerprint density at radius 1 is 0.195 bits per heavy atom. The summed E-state index contributed by atoms with van der Waals surface area (Å²) in [7, 11) is 0. The fourth-order valence-electron chi connectivity index (χ4n) is 8.40. The Kier molecular flexibility index (Phi) is 107. The van der Waals surface area contributed by atoms with Crippen LogP contribution < -0.4 is 0 Å². The molecule has 0 aromatic heterocycles. The monoisotopic (exact) mass is 1540 g/mol. The molecule has 0 unspecified atom stereocenters. The summed E-state index contributed by atoms with van der Waals surface area (Å²) in [6.45, 7) is 39.3. The summed E-state index contributed by atoms with van der Waals surface area (Å²) in [6, 6.07) is 0. The van der Waals surface area contributed by atoms with Crippen LogP contribution in [0.2, 0.25) is 0 Å². The fourth-order valence-corrected chi connectivity index (χ4v) is 10.6. The zero-order valence-electron chi connectivity index (χ0n) is 57.7. The molecule has 0 aliphatic rings. The van der Waals surface area contributed by atoms with Gasteiger partial charge in [-0.3, -0.25) is 0 Å². The van der Waals surface area contributed by atoms with Gasteiger partial charge in [0, 0.05) is 99.6 Å². The molecule has 7 nitrogen and oxygen atoms in total. The summed E-state index contributed by atoms with van der Waals surface area (Å²) in [5.41, 5.74) is 0. The Hall–Kier alpha value is 1.37. The minimum atomic E-state index is 0. The van der Waals surface area contributed by atoms with Gasteiger partial charge < -0.3 is 178 Å².